The molecule has 0 unspecified atom stereocenters. The summed E-state index contributed by atoms with van der Waals surface area (Å²) in [6, 6.07) is 14.6. The van der Waals surface area contributed by atoms with Crippen molar-refractivity contribution in [3.63, 3.8) is 0 Å². The first-order chi connectivity index (χ1) is 9.75. The van der Waals surface area contributed by atoms with Crippen molar-refractivity contribution in [1.29, 1.82) is 0 Å². The van der Waals surface area contributed by atoms with Crippen LogP contribution in [0.5, 0.6) is 0 Å². The minimum atomic E-state index is -0.536. The van der Waals surface area contributed by atoms with Crippen LogP contribution in [0, 0.1) is 0 Å². The summed E-state index contributed by atoms with van der Waals surface area (Å²) in [6.07, 6.45) is 1.63. The van der Waals surface area contributed by atoms with E-state index in [1.165, 1.54) is 0 Å². The summed E-state index contributed by atoms with van der Waals surface area (Å²) in [5, 5.41) is 7.26. The number of para-hydroxylation sites is 1. The normalized spacial score (nSPS) is 12.6. The summed E-state index contributed by atoms with van der Waals surface area (Å²) in [4.78, 5) is 21.8. The second-order valence-electron chi connectivity index (χ2n) is 4.20. The molecule has 0 saturated heterocycles. The van der Waals surface area contributed by atoms with E-state index in [0.29, 0.717) is 11.3 Å². The van der Waals surface area contributed by atoms with Gasteiger partial charge in [0.2, 0.25) is 0 Å². The first kappa shape index (κ1) is 12.1. The van der Waals surface area contributed by atoms with Crippen molar-refractivity contribution in [3.05, 3.63) is 60.4 Å². The van der Waals surface area contributed by atoms with Gasteiger partial charge in [0.05, 0.1) is 11.3 Å². The molecule has 2 aromatic carbocycles. The van der Waals surface area contributed by atoms with E-state index in [1.54, 1.807) is 30.5 Å². The predicted molar refractivity (Wildman–Crippen MR) is 73.4 cm³/mol. The van der Waals surface area contributed by atoms with Crippen LogP contribution in [0.15, 0.2) is 59.3 Å². The number of carbonyl (C=O) groups is 2. The van der Waals surface area contributed by atoms with Crippen molar-refractivity contribution in [3.8, 4) is 0 Å². The number of Topliss-reactive ketones (excluding diaryl/α,β-unsaturated/α-hetero) is 1. The maximum Gasteiger partial charge on any atom is 0.296 e. The maximum absolute atomic E-state index is 11.0. The van der Waals surface area contributed by atoms with Crippen molar-refractivity contribution in [1.82, 2.24) is 5.16 Å². The lowest BCUT2D eigenvalue weighted by atomic mass is 10.1. The van der Waals surface area contributed by atoms with Crippen LogP contribution in [0.2, 0.25) is 0 Å². The molecule has 5 heteroatoms. The third-order valence-electron chi connectivity index (χ3n) is 2.89. The van der Waals surface area contributed by atoms with Gasteiger partial charge in [-0.2, -0.15) is 0 Å². The fourth-order valence-electron chi connectivity index (χ4n) is 1.90. The van der Waals surface area contributed by atoms with Gasteiger partial charge in [0, 0.05) is 5.39 Å². The van der Waals surface area contributed by atoms with Crippen LogP contribution >= 0.6 is 0 Å². The molecule has 1 amide bonds. The van der Waals surface area contributed by atoms with E-state index in [-0.39, 0.29) is 0 Å². The number of nitrogens with one attached hydrogen (secondary N) is 1. The van der Waals surface area contributed by atoms with E-state index < -0.39 is 11.7 Å². The van der Waals surface area contributed by atoms with Gasteiger partial charge >= 0.3 is 0 Å². The summed E-state index contributed by atoms with van der Waals surface area (Å²) < 4.78 is 4.71. The number of fused-ring (bicyclic) bond motifs is 2. The van der Waals surface area contributed by atoms with E-state index in [9.17, 15) is 9.59 Å². The number of nitrogens with zero attached hydrogens (tertiary/aromatic N) is 1. The van der Waals surface area contributed by atoms with Crippen LogP contribution in [0.3, 0.4) is 0 Å². The second kappa shape index (κ2) is 4.97. The average molecular weight is 266 g/mol. The first-order valence-corrected chi connectivity index (χ1v) is 5.99. The zero-order valence-electron chi connectivity index (χ0n) is 10.4. The third kappa shape index (κ3) is 2.16. The van der Waals surface area contributed by atoms with Gasteiger partial charge < -0.3 is 9.84 Å². The van der Waals surface area contributed by atoms with Crippen molar-refractivity contribution in [2.75, 3.05) is 5.32 Å². The third-order valence-corrected chi connectivity index (χ3v) is 2.89. The molecule has 1 aliphatic rings. The zero-order valence-corrected chi connectivity index (χ0v) is 10.4. The fourth-order valence-corrected chi connectivity index (χ4v) is 1.90. The highest BCUT2D eigenvalue weighted by atomic mass is 16.5. The van der Waals surface area contributed by atoms with Gasteiger partial charge in [-0.3, -0.25) is 9.59 Å². The molecule has 3 aromatic rings. The van der Waals surface area contributed by atoms with Crippen LogP contribution in [-0.2, 0) is 4.79 Å². The van der Waals surface area contributed by atoms with Crippen molar-refractivity contribution in [2.24, 2.45) is 0 Å². The van der Waals surface area contributed by atoms with Gasteiger partial charge in [-0.1, -0.05) is 29.4 Å². The van der Waals surface area contributed by atoms with Gasteiger partial charge in [0.25, 0.3) is 11.7 Å². The molecule has 1 aromatic heterocycles. The smallest absolute Gasteiger partial charge is 0.296 e. The predicted octanol–water partition coefficient (Wildman–Crippen LogP) is 2.65. The zero-order chi connectivity index (χ0) is 13.9. The Hall–Kier alpha value is -2.95. The number of aromatic nitrogens is 1. The highest BCUT2D eigenvalue weighted by molar-refractivity contribution is 6.51. The molecule has 0 bridgehead atoms. The highest BCUT2D eigenvalue weighted by Crippen LogP contribution is 2.21. The molecular weight excluding hydrogens is 256 g/mol. The summed E-state index contributed by atoms with van der Waals surface area (Å²) in [7, 11) is 0. The molecule has 4 rings (SSSR count). The molecule has 0 spiro atoms. The Morgan fingerprint density at radius 1 is 0.950 bits per heavy atom. The molecule has 1 aliphatic heterocycles. The van der Waals surface area contributed by atoms with Crippen LogP contribution in [0.4, 0.5) is 5.69 Å². The number of carbonyl (C=O) groups excluding carboxylic acids is 2. The highest BCUT2D eigenvalue weighted by Gasteiger charge is 2.26. The van der Waals surface area contributed by atoms with Crippen LogP contribution in [-0.4, -0.2) is 16.8 Å². The van der Waals surface area contributed by atoms with Crippen molar-refractivity contribution in [2.45, 2.75) is 0 Å². The number of hydrogen-bond donors (Lipinski definition) is 1. The fraction of sp³-hybridized carbons (Fsp3) is 0. The van der Waals surface area contributed by atoms with Gasteiger partial charge in [0.15, 0.2) is 0 Å². The lowest BCUT2D eigenvalue weighted by molar-refractivity contribution is -0.112. The summed E-state index contributed by atoms with van der Waals surface area (Å²) in [5.41, 5.74) is 2.00. The monoisotopic (exact) mass is 266 g/mol. The molecule has 2 heterocycles. The Morgan fingerprint density at radius 2 is 1.70 bits per heavy atom. The van der Waals surface area contributed by atoms with Crippen molar-refractivity contribution < 1.29 is 14.1 Å². The van der Waals surface area contributed by atoms with E-state index in [2.05, 4.69) is 10.5 Å². The molecule has 20 heavy (non-hydrogen) atoms. The second-order valence-corrected chi connectivity index (χ2v) is 4.20. The number of amides is 1. The molecular formula is C15H10N2O3. The van der Waals surface area contributed by atoms with Gasteiger partial charge in [-0.15, -0.1) is 0 Å². The quantitative estimate of drug-likeness (QED) is 0.635. The molecule has 0 aliphatic carbocycles. The summed E-state index contributed by atoms with van der Waals surface area (Å²) in [5.74, 6) is -0.980. The number of rotatable bonds is 0. The van der Waals surface area contributed by atoms with Crippen molar-refractivity contribution >= 4 is 28.3 Å². The Morgan fingerprint density at radius 3 is 2.50 bits per heavy atom. The van der Waals surface area contributed by atoms with E-state index in [0.717, 1.165) is 10.9 Å². The molecule has 0 radical (unpaired) electrons. The molecule has 0 atom stereocenters. The molecule has 98 valence electrons. The molecule has 0 fully saturated rings. The Labute approximate surface area is 114 Å². The molecule has 1 N–H and O–H groups in total. The lowest BCUT2D eigenvalue weighted by Crippen LogP contribution is -2.12. The Balaban J connectivity index is 0.000000123. The lowest BCUT2D eigenvalue weighted by Gasteiger charge is -1.91. The molecule has 5 nitrogen and oxygen atoms in total. The Kier molecular flexibility index (Phi) is 3.01. The number of ketones is 1. The minimum absolute atomic E-state index is 0.444. The standard InChI is InChI=1S/C8H5NO2.C7H5NO/c10-7-5-3-1-2-4-6(5)9-8(7)11;1-2-4-7-6(3-1)5-9-8-7/h1-4H,(H,9,10,11);1-5H. The van der Waals surface area contributed by atoms with E-state index >= 15 is 0 Å². The van der Waals surface area contributed by atoms with Gasteiger partial charge in [-0.25, -0.2) is 0 Å². The molecule has 0 saturated carbocycles. The SMILES string of the molecule is O=C1Nc2ccccc2C1=O.c1ccc2nocc2c1. The van der Waals surface area contributed by atoms with E-state index in [4.69, 9.17) is 4.52 Å². The number of hydrogen-bond acceptors (Lipinski definition) is 4. The van der Waals surface area contributed by atoms with Gasteiger partial charge in [0.1, 0.15) is 11.8 Å². The van der Waals surface area contributed by atoms with Gasteiger partial charge in [-0.05, 0) is 24.3 Å². The number of anilines is 1. The number of benzene rings is 2. The first-order valence-electron chi connectivity index (χ1n) is 5.99. The Bertz CT molecular complexity index is 762. The van der Waals surface area contributed by atoms with Crippen LogP contribution < -0.4 is 5.32 Å². The topological polar surface area (TPSA) is 72.2 Å². The summed E-state index contributed by atoms with van der Waals surface area (Å²) >= 11 is 0. The van der Waals surface area contributed by atoms with Crippen LogP contribution in [0.1, 0.15) is 10.4 Å². The largest absolute Gasteiger partial charge is 0.364 e. The maximum atomic E-state index is 11.0. The average Bonchev–Trinajstić information content (AvgIpc) is 3.06. The summed E-state index contributed by atoms with van der Waals surface area (Å²) in [6.45, 7) is 0. The van der Waals surface area contributed by atoms with E-state index in [1.807, 2.05) is 24.3 Å². The minimum Gasteiger partial charge on any atom is -0.364 e. The van der Waals surface area contributed by atoms with Crippen LogP contribution in [0.25, 0.3) is 10.9 Å².